The zero-order valence-electron chi connectivity index (χ0n) is 17.4. The van der Waals surface area contributed by atoms with Crippen LogP contribution in [-0.4, -0.2) is 25.2 Å². The molecule has 4 heteroatoms. The smallest absolute Gasteiger partial charge is 0.302 e. The van der Waals surface area contributed by atoms with E-state index in [-0.39, 0.29) is 11.9 Å². The van der Waals surface area contributed by atoms with Gasteiger partial charge in [-0.25, -0.2) is 0 Å². The summed E-state index contributed by atoms with van der Waals surface area (Å²) in [7, 11) is 0. The van der Waals surface area contributed by atoms with Gasteiger partial charge >= 0.3 is 11.9 Å². The molecule has 26 heavy (non-hydrogen) atoms. The van der Waals surface area contributed by atoms with Gasteiger partial charge in [0.1, 0.15) is 0 Å². The van der Waals surface area contributed by atoms with E-state index in [1.807, 2.05) is 0 Å². The highest BCUT2D eigenvalue weighted by molar-refractivity contribution is 5.66. The summed E-state index contributed by atoms with van der Waals surface area (Å²) < 4.78 is 9.85. The number of hydrogen-bond donors (Lipinski definition) is 0. The van der Waals surface area contributed by atoms with Gasteiger partial charge in [0.2, 0.25) is 0 Å². The lowest BCUT2D eigenvalue weighted by molar-refractivity contribution is -0.142. The van der Waals surface area contributed by atoms with Crippen molar-refractivity contribution in [3.63, 3.8) is 0 Å². The average molecular weight is 371 g/mol. The molecule has 0 bridgehead atoms. The molecule has 0 saturated heterocycles. The maximum atomic E-state index is 10.6. The zero-order chi connectivity index (χ0) is 19.3. The van der Waals surface area contributed by atoms with Crippen LogP contribution in [0.25, 0.3) is 0 Å². The molecule has 0 spiro atoms. The van der Waals surface area contributed by atoms with Crippen LogP contribution in [0.1, 0.15) is 117 Å². The van der Waals surface area contributed by atoms with Crippen LogP contribution in [0.2, 0.25) is 0 Å². The number of rotatable bonds is 19. The Bertz CT molecular complexity index is 296. The van der Waals surface area contributed by atoms with Crippen molar-refractivity contribution in [3.8, 4) is 0 Å². The molecule has 0 aromatic carbocycles. The van der Waals surface area contributed by atoms with Gasteiger partial charge in [-0.3, -0.25) is 9.59 Å². The van der Waals surface area contributed by atoms with Crippen LogP contribution in [0, 0.1) is 0 Å². The third-order valence-corrected chi connectivity index (χ3v) is 4.65. The minimum atomic E-state index is -0.166. The number of ether oxygens (including phenoxy) is 2. The van der Waals surface area contributed by atoms with Gasteiger partial charge < -0.3 is 9.47 Å². The fraction of sp³-hybridized carbons (Fsp3) is 0.909. The van der Waals surface area contributed by atoms with Gasteiger partial charge in [0, 0.05) is 13.8 Å². The van der Waals surface area contributed by atoms with E-state index in [1.165, 1.54) is 104 Å². The minimum absolute atomic E-state index is 0.166. The fourth-order valence-electron chi connectivity index (χ4n) is 3.11. The number of esters is 2. The van der Waals surface area contributed by atoms with Crippen LogP contribution in [-0.2, 0) is 19.1 Å². The van der Waals surface area contributed by atoms with Gasteiger partial charge in [0.25, 0.3) is 0 Å². The van der Waals surface area contributed by atoms with Crippen molar-refractivity contribution in [2.75, 3.05) is 13.2 Å². The van der Waals surface area contributed by atoms with E-state index >= 15 is 0 Å². The summed E-state index contributed by atoms with van der Waals surface area (Å²) in [5.74, 6) is -0.331. The van der Waals surface area contributed by atoms with Gasteiger partial charge in [-0.1, -0.05) is 89.9 Å². The first-order chi connectivity index (χ1) is 12.6. The standard InChI is InChI=1S/C22H42O4/c1-21(23)25-19-17-15-13-11-9-7-5-3-4-6-8-10-12-14-16-18-20-26-22(2)24/h3-20H2,1-2H3. The Morgan fingerprint density at radius 1 is 0.423 bits per heavy atom. The first kappa shape index (κ1) is 24.9. The lowest BCUT2D eigenvalue weighted by Crippen LogP contribution is -2.00. The van der Waals surface area contributed by atoms with E-state index < -0.39 is 0 Å². The number of unbranched alkanes of at least 4 members (excludes halogenated alkanes) is 15. The van der Waals surface area contributed by atoms with Crippen molar-refractivity contribution >= 4 is 11.9 Å². The Labute approximate surface area is 161 Å². The Balaban J connectivity index is 3.01. The summed E-state index contributed by atoms with van der Waals surface area (Å²) in [5.41, 5.74) is 0. The minimum Gasteiger partial charge on any atom is -0.466 e. The molecule has 4 nitrogen and oxygen atoms in total. The molecule has 0 rings (SSSR count). The maximum Gasteiger partial charge on any atom is 0.302 e. The molecule has 0 aliphatic carbocycles. The second-order valence-electron chi connectivity index (χ2n) is 7.34. The molecule has 0 N–H and O–H groups in total. The first-order valence-corrected chi connectivity index (χ1v) is 10.9. The quantitative estimate of drug-likeness (QED) is 0.196. The third kappa shape index (κ3) is 22.9. The Morgan fingerprint density at radius 3 is 0.808 bits per heavy atom. The van der Waals surface area contributed by atoms with Crippen molar-refractivity contribution < 1.29 is 19.1 Å². The van der Waals surface area contributed by atoms with Gasteiger partial charge in [0.05, 0.1) is 13.2 Å². The van der Waals surface area contributed by atoms with E-state index in [9.17, 15) is 9.59 Å². The highest BCUT2D eigenvalue weighted by Gasteiger charge is 1.96. The summed E-state index contributed by atoms with van der Waals surface area (Å²) in [6.45, 7) is 4.11. The van der Waals surface area contributed by atoms with Crippen LogP contribution in [0.3, 0.4) is 0 Å². The molecule has 0 aliphatic rings. The van der Waals surface area contributed by atoms with Crippen LogP contribution < -0.4 is 0 Å². The molecule has 0 fully saturated rings. The average Bonchev–Trinajstić information content (AvgIpc) is 2.59. The molecule has 0 radical (unpaired) electrons. The molecule has 0 saturated carbocycles. The molecule has 0 aliphatic heterocycles. The van der Waals surface area contributed by atoms with Gasteiger partial charge in [-0.2, -0.15) is 0 Å². The first-order valence-electron chi connectivity index (χ1n) is 10.9. The van der Waals surface area contributed by atoms with Gasteiger partial charge in [-0.15, -0.1) is 0 Å². The fourth-order valence-corrected chi connectivity index (χ4v) is 3.11. The lowest BCUT2D eigenvalue weighted by Gasteiger charge is -2.04. The van der Waals surface area contributed by atoms with Crippen LogP contribution in [0.15, 0.2) is 0 Å². The van der Waals surface area contributed by atoms with E-state index in [1.54, 1.807) is 0 Å². The second kappa shape index (κ2) is 20.3. The summed E-state index contributed by atoms with van der Waals surface area (Å²) >= 11 is 0. The molecule has 0 aromatic rings. The van der Waals surface area contributed by atoms with E-state index in [0.717, 1.165) is 12.8 Å². The maximum absolute atomic E-state index is 10.6. The van der Waals surface area contributed by atoms with Crippen molar-refractivity contribution in [1.82, 2.24) is 0 Å². The Hall–Kier alpha value is -1.06. The van der Waals surface area contributed by atoms with Crippen molar-refractivity contribution in [1.29, 1.82) is 0 Å². The van der Waals surface area contributed by atoms with Crippen molar-refractivity contribution in [3.05, 3.63) is 0 Å². The summed E-state index contributed by atoms with van der Waals surface area (Å²) in [6.07, 6.45) is 20.5. The van der Waals surface area contributed by atoms with Gasteiger partial charge in [0.15, 0.2) is 0 Å². The SMILES string of the molecule is CC(=O)OCCCCCCCCCCCCCCCCCCOC(C)=O. The van der Waals surface area contributed by atoms with E-state index in [4.69, 9.17) is 9.47 Å². The molecule has 154 valence electrons. The predicted molar refractivity (Wildman–Crippen MR) is 107 cm³/mol. The Morgan fingerprint density at radius 2 is 0.615 bits per heavy atom. The summed E-state index contributed by atoms with van der Waals surface area (Å²) in [4.78, 5) is 21.2. The molecule has 0 atom stereocenters. The van der Waals surface area contributed by atoms with Gasteiger partial charge in [-0.05, 0) is 12.8 Å². The number of carbonyl (C=O) groups excluding carboxylic acids is 2. The summed E-state index contributed by atoms with van der Waals surface area (Å²) in [6, 6.07) is 0. The van der Waals surface area contributed by atoms with Crippen LogP contribution in [0.5, 0.6) is 0 Å². The highest BCUT2D eigenvalue weighted by Crippen LogP contribution is 2.13. The van der Waals surface area contributed by atoms with Crippen molar-refractivity contribution in [2.45, 2.75) is 117 Å². The normalized spacial score (nSPS) is 10.7. The number of carbonyl (C=O) groups is 2. The molecular formula is C22H42O4. The largest absolute Gasteiger partial charge is 0.466 e. The molecule has 0 amide bonds. The second-order valence-corrected chi connectivity index (χ2v) is 7.34. The molecule has 0 heterocycles. The van der Waals surface area contributed by atoms with Crippen LogP contribution in [0.4, 0.5) is 0 Å². The molecule has 0 aromatic heterocycles. The predicted octanol–water partition coefficient (Wildman–Crippen LogP) is 6.35. The Kier molecular flexibility index (Phi) is 19.4. The molecular weight excluding hydrogens is 328 g/mol. The van der Waals surface area contributed by atoms with E-state index in [0.29, 0.717) is 13.2 Å². The van der Waals surface area contributed by atoms with Crippen molar-refractivity contribution in [2.24, 2.45) is 0 Å². The third-order valence-electron chi connectivity index (χ3n) is 4.65. The monoisotopic (exact) mass is 370 g/mol. The molecule has 0 unspecified atom stereocenters. The topological polar surface area (TPSA) is 52.6 Å². The van der Waals surface area contributed by atoms with Crippen LogP contribution >= 0.6 is 0 Å². The number of hydrogen-bond acceptors (Lipinski definition) is 4. The highest BCUT2D eigenvalue weighted by atomic mass is 16.5. The lowest BCUT2D eigenvalue weighted by atomic mass is 10.0. The van der Waals surface area contributed by atoms with E-state index in [2.05, 4.69) is 0 Å². The summed E-state index contributed by atoms with van der Waals surface area (Å²) in [5, 5.41) is 0. The zero-order valence-corrected chi connectivity index (χ0v) is 17.4.